The molecule has 1 saturated heterocycles. The molecule has 5 heteroatoms. The Hall–Kier alpha value is -1.46. The largest absolute Gasteiger partial charge is 0.368 e. The Morgan fingerprint density at radius 2 is 2.08 bits per heavy atom. The molecule has 2 heterocycles. The molecule has 25 heavy (non-hydrogen) atoms. The first kappa shape index (κ1) is 18.3. The Labute approximate surface area is 151 Å². The highest BCUT2D eigenvalue weighted by Gasteiger charge is 2.24. The molecule has 0 spiro atoms. The predicted molar refractivity (Wildman–Crippen MR) is 98.1 cm³/mol. The highest BCUT2D eigenvalue weighted by molar-refractivity contribution is 5.77. The average molecular weight is 345 g/mol. The summed E-state index contributed by atoms with van der Waals surface area (Å²) in [7, 11) is 0. The van der Waals surface area contributed by atoms with Crippen molar-refractivity contribution < 1.29 is 9.53 Å². The van der Waals surface area contributed by atoms with Crippen LogP contribution in [0.2, 0.25) is 0 Å². The fourth-order valence-corrected chi connectivity index (χ4v) is 3.97. The number of likely N-dealkylation sites (tertiary alicyclic amines) is 1. The van der Waals surface area contributed by atoms with Crippen LogP contribution in [0.3, 0.4) is 0 Å². The topological polar surface area (TPSA) is 54.5 Å². The number of amides is 1. The second-order valence-corrected chi connectivity index (χ2v) is 7.59. The number of nitrogens with zero attached hydrogens (tertiary/aromatic N) is 2. The van der Waals surface area contributed by atoms with Crippen LogP contribution in [0.1, 0.15) is 51.0 Å². The van der Waals surface area contributed by atoms with E-state index in [1.165, 1.54) is 24.8 Å². The number of carbonyl (C=O) groups is 1. The summed E-state index contributed by atoms with van der Waals surface area (Å²) in [6.45, 7) is 5.42. The van der Waals surface area contributed by atoms with E-state index < -0.39 is 0 Å². The average Bonchev–Trinajstić information content (AvgIpc) is 2.64. The third-order valence-electron chi connectivity index (χ3n) is 5.54. The van der Waals surface area contributed by atoms with E-state index in [1.54, 1.807) is 6.20 Å². The Morgan fingerprint density at radius 1 is 1.28 bits per heavy atom. The number of carbonyl (C=O) groups excluding carboxylic acids is 1. The van der Waals surface area contributed by atoms with Gasteiger partial charge in [-0.25, -0.2) is 0 Å². The molecule has 1 aliphatic carbocycles. The molecule has 0 radical (unpaired) electrons. The van der Waals surface area contributed by atoms with Crippen LogP contribution in [0.4, 0.5) is 0 Å². The zero-order chi connectivity index (χ0) is 17.5. The first-order valence-corrected chi connectivity index (χ1v) is 9.73. The molecule has 5 nitrogen and oxygen atoms in total. The molecule has 1 saturated carbocycles. The quantitative estimate of drug-likeness (QED) is 0.861. The Morgan fingerprint density at radius 3 is 2.80 bits per heavy atom. The molecule has 138 valence electrons. The van der Waals surface area contributed by atoms with Gasteiger partial charge in [-0.1, -0.05) is 25.8 Å². The monoisotopic (exact) mass is 345 g/mol. The van der Waals surface area contributed by atoms with Crippen molar-refractivity contribution in [3.05, 3.63) is 30.1 Å². The number of ether oxygens (including phenoxy) is 1. The van der Waals surface area contributed by atoms with Gasteiger partial charge in [0, 0.05) is 38.1 Å². The number of pyridine rings is 1. The molecule has 1 N–H and O–H groups in total. The Kier molecular flexibility index (Phi) is 6.82. The second kappa shape index (κ2) is 9.30. The fourth-order valence-electron chi connectivity index (χ4n) is 3.97. The van der Waals surface area contributed by atoms with Gasteiger partial charge in [0.15, 0.2) is 0 Å². The number of rotatable bonds is 6. The summed E-state index contributed by atoms with van der Waals surface area (Å²) in [5.41, 5.74) is 1.25. The van der Waals surface area contributed by atoms with E-state index in [0.29, 0.717) is 5.92 Å². The maximum atomic E-state index is 12.2. The van der Waals surface area contributed by atoms with Gasteiger partial charge in [0.25, 0.3) is 0 Å². The third kappa shape index (κ3) is 5.79. The minimum Gasteiger partial charge on any atom is -0.368 e. The highest BCUT2D eigenvalue weighted by atomic mass is 16.5. The summed E-state index contributed by atoms with van der Waals surface area (Å²) in [6, 6.07) is 4.38. The van der Waals surface area contributed by atoms with Crippen LogP contribution < -0.4 is 5.32 Å². The van der Waals surface area contributed by atoms with Crippen LogP contribution in [-0.4, -0.2) is 47.6 Å². The number of piperidine rings is 1. The SMILES string of the molecule is CC1CCCCC1OCC(=O)NC1CCN(Cc2cccnc2)CC1. The zero-order valence-electron chi connectivity index (χ0n) is 15.3. The van der Waals surface area contributed by atoms with Gasteiger partial charge in [0.2, 0.25) is 5.91 Å². The first-order chi connectivity index (χ1) is 12.2. The molecule has 2 atom stereocenters. The highest BCUT2D eigenvalue weighted by Crippen LogP contribution is 2.26. The predicted octanol–water partition coefficient (Wildman–Crippen LogP) is 2.76. The van der Waals surface area contributed by atoms with E-state index in [2.05, 4.69) is 28.2 Å². The van der Waals surface area contributed by atoms with Gasteiger partial charge in [0.1, 0.15) is 6.61 Å². The molecular formula is C20H31N3O2. The summed E-state index contributed by atoms with van der Waals surface area (Å²) >= 11 is 0. The molecule has 0 aromatic carbocycles. The molecular weight excluding hydrogens is 314 g/mol. The third-order valence-corrected chi connectivity index (χ3v) is 5.54. The lowest BCUT2D eigenvalue weighted by atomic mass is 9.88. The van der Waals surface area contributed by atoms with Crippen molar-refractivity contribution in [3.8, 4) is 0 Å². The van der Waals surface area contributed by atoms with Crippen molar-refractivity contribution >= 4 is 5.91 Å². The van der Waals surface area contributed by atoms with Gasteiger partial charge >= 0.3 is 0 Å². The standard InChI is InChI=1S/C20H31N3O2/c1-16-5-2-3-7-19(16)25-15-20(24)22-18-8-11-23(12-9-18)14-17-6-4-10-21-13-17/h4,6,10,13,16,18-19H,2-3,5,7-9,11-12,14-15H2,1H3,(H,22,24). The van der Waals surface area contributed by atoms with Crippen molar-refractivity contribution in [2.75, 3.05) is 19.7 Å². The van der Waals surface area contributed by atoms with E-state index in [9.17, 15) is 4.79 Å². The van der Waals surface area contributed by atoms with Crippen LogP contribution in [-0.2, 0) is 16.1 Å². The maximum Gasteiger partial charge on any atom is 0.246 e. The lowest BCUT2D eigenvalue weighted by Crippen LogP contribution is -2.45. The first-order valence-electron chi connectivity index (χ1n) is 9.73. The molecule has 1 aliphatic heterocycles. The van der Waals surface area contributed by atoms with Crippen LogP contribution in [0, 0.1) is 5.92 Å². The van der Waals surface area contributed by atoms with Crippen molar-refractivity contribution in [1.82, 2.24) is 15.2 Å². The minimum atomic E-state index is 0.0449. The van der Waals surface area contributed by atoms with E-state index in [-0.39, 0.29) is 24.7 Å². The fraction of sp³-hybridized carbons (Fsp3) is 0.700. The van der Waals surface area contributed by atoms with Gasteiger partial charge in [-0.3, -0.25) is 14.7 Å². The van der Waals surface area contributed by atoms with Gasteiger partial charge < -0.3 is 10.1 Å². The number of nitrogens with one attached hydrogen (secondary N) is 1. The van der Waals surface area contributed by atoms with Gasteiger partial charge in [-0.15, -0.1) is 0 Å². The molecule has 1 amide bonds. The molecule has 0 bridgehead atoms. The summed E-state index contributed by atoms with van der Waals surface area (Å²) in [5.74, 6) is 0.626. The van der Waals surface area contributed by atoms with E-state index >= 15 is 0 Å². The summed E-state index contributed by atoms with van der Waals surface area (Å²) < 4.78 is 5.87. The van der Waals surface area contributed by atoms with Gasteiger partial charge in [-0.2, -0.15) is 0 Å². The van der Waals surface area contributed by atoms with Crippen molar-refractivity contribution in [1.29, 1.82) is 0 Å². The molecule has 1 aromatic rings. The number of hydrogen-bond acceptors (Lipinski definition) is 4. The minimum absolute atomic E-state index is 0.0449. The molecule has 3 rings (SSSR count). The van der Waals surface area contributed by atoms with Gasteiger partial charge in [0.05, 0.1) is 6.10 Å². The van der Waals surface area contributed by atoms with Crippen LogP contribution in [0.25, 0.3) is 0 Å². The Bertz CT molecular complexity index is 529. The molecule has 2 fully saturated rings. The van der Waals surface area contributed by atoms with Crippen molar-refractivity contribution in [2.24, 2.45) is 5.92 Å². The van der Waals surface area contributed by atoms with Crippen molar-refractivity contribution in [3.63, 3.8) is 0 Å². The van der Waals surface area contributed by atoms with Crippen LogP contribution in [0.15, 0.2) is 24.5 Å². The molecule has 2 aliphatic rings. The lowest BCUT2D eigenvalue weighted by molar-refractivity contribution is -0.130. The number of aromatic nitrogens is 1. The normalized spacial score (nSPS) is 25.6. The molecule has 2 unspecified atom stereocenters. The van der Waals surface area contributed by atoms with Gasteiger partial charge in [-0.05, 0) is 43.2 Å². The van der Waals surface area contributed by atoms with E-state index in [4.69, 9.17) is 4.74 Å². The molecule has 1 aromatic heterocycles. The zero-order valence-corrected chi connectivity index (χ0v) is 15.3. The number of hydrogen-bond donors (Lipinski definition) is 1. The van der Waals surface area contributed by atoms with Crippen LogP contribution in [0.5, 0.6) is 0 Å². The summed E-state index contributed by atoms with van der Waals surface area (Å²) in [6.07, 6.45) is 10.9. The van der Waals surface area contributed by atoms with E-state index in [0.717, 1.165) is 38.9 Å². The van der Waals surface area contributed by atoms with Crippen molar-refractivity contribution in [2.45, 2.75) is 64.1 Å². The van der Waals surface area contributed by atoms with E-state index in [1.807, 2.05) is 12.3 Å². The lowest BCUT2D eigenvalue weighted by Gasteiger charge is -2.32. The smallest absolute Gasteiger partial charge is 0.246 e. The summed E-state index contributed by atoms with van der Waals surface area (Å²) in [5, 5.41) is 3.15. The maximum absolute atomic E-state index is 12.2. The summed E-state index contributed by atoms with van der Waals surface area (Å²) in [4.78, 5) is 18.8. The second-order valence-electron chi connectivity index (χ2n) is 7.59. The van der Waals surface area contributed by atoms with Crippen LogP contribution >= 0.6 is 0 Å². The Balaban J connectivity index is 1.33.